The topological polar surface area (TPSA) is 63.5 Å². The van der Waals surface area contributed by atoms with Crippen LogP contribution < -0.4 is 4.90 Å². The lowest BCUT2D eigenvalue weighted by atomic mass is 10.0. The van der Waals surface area contributed by atoms with Crippen LogP contribution in [0.1, 0.15) is 17.2 Å². The monoisotopic (exact) mass is 367 g/mol. The number of rotatable bonds is 4. The molecule has 1 atom stereocenters. The molecule has 3 rings (SSSR count). The predicted molar refractivity (Wildman–Crippen MR) is 101 cm³/mol. The standard InChI is InChI=1S/C20H22FN5O/c1-24(2)19(16-5-3-4-6-17(16)21)20(27)26-11-9-25(10-12-26)18-8-7-15(13-22)14-23-18/h3-8,14,19H,9-12H2,1-2H3/t19-/m1/s1. The maximum atomic E-state index is 14.2. The molecule has 0 aliphatic carbocycles. The van der Waals surface area contributed by atoms with E-state index in [4.69, 9.17) is 5.26 Å². The van der Waals surface area contributed by atoms with Crippen LogP contribution in [-0.2, 0) is 4.79 Å². The molecule has 140 valence electrons. The van der Waals surface area contributed by atoms with Gasteiger partial charge in [-0.05, 0) is 32.3 Å². The molecule has 1 fully saturated rings. The molecule has 1 aromatic heterocycles. The molecule has 0 unspecified atom stereocenters. The number of nitrogens with zero attached hydrogens (tertiary/aromatic N) is 5. The molecule has 2 aromatic rings. The molecule has 1 aliphatic rings. The predicted octanol–water partition coefficient (Wildman–Crippen LogP) is 2.04. The molecule has 1 aromatic carbocycles. The highest BCUT2D eigenvalue weighted by molar-refractivity contribution is 5.83. The van der Waals surface area contributed by atoms with E-state index in [2.05, 4.69) is 16.0 Å². The third-order valence-corrected chi connectivity index (χ3v) is 4.74. The van der Waals surface area contributed by atoms with E-state index in [0.717, 1.165) is 5.82 Å². The van der Waals surface area contributed by atoms with Crippen LogP contribution in [0.25, 0.3) is 0 Å². The summed E-state index contributed by atoms with van der Waals surface area (Å²) in [5, 5.41) is 8.87. The summed E-state index contributed by atoms with van der Waals surface area (Å²) in [5.41, 5.74) is 0.912. The maximum Gasteiger partial charge on any atom is 0.244 e. The normalized spacial score (nSPS) is 15.5. The van der Waals surface area contributed by atoms with Gasteiger partial charge in [0.05, 0.1) is 5.56 Å². The van der Waals surface area contributed by atoms with Gasteiger partial charge in [0.1, 0.15) is 23.7 Å². The second-order valence-corrected chi connectivity index (χ2v) is 6.72. The fraction of sp³-hybridized carbons (Fsp3) is 0.350. The summed E-state index contributed by atoms with van der Waals surface area (Å²) in [5.74, 6) is 0.321. The zero-order valence-electron chi connectivity index (χ0n) is 15.5. The molecule has 1 amide bonds. The van der Waals surface area contributed by atoms with Crippen molar-refractivity contribution in [2.75, 3.05) is 45.2 Å². The molecule has 1 aliphatic heterocycles. The Morgan fingerprint density at radius 3 is 2.44 bits per heavy atom. The van der Waals surface area contributed by atoms with Crippen molar-refractivity contribution in [2.45, 2.75) is 6.04 Å². The Kier molecular flexibility index (Phi) is 5.67. The molecule has 0 spiro atoms. The number of hydrogen-bond donors (Lipinski definition) is 0. The van der Waals surface area contributed by atoms with Gasteiger partial charge in [-0.3, -0.25) is 9.69 Å². The lowest BCUT2D eigenvalue weighted by Crippen LogP contribution is -2.51. The lowest BCUT2D eigenvalue weighted by molar-refractivity contribution is -0.136. The largest absolute Gasteiger partial charge is 0.353 e. The number of amides is 1. The fourth-order valence-corrected chi connectivity index (χ4v) is 3.30. The summed E-state index contributed by atoms with van der Waals surface area (Å²) in [6, 6.07) is 11.4. The summed E-state index contributed by atoms with van der Waals surface area (Å²) in [4.78, 5) is 23.0. The van der Waals surface area contributed by atoms with E-state index in [-0.39, 0.29) is 11.7 Å². The minimum absolute atomic E-state index is 0.0995. The summed E-state index contributed by atoms with van der Waals surface area (Å²) in [6.45, 7) is 2.36. The van der Waals surface area contributed by atoms with Gasteiger partial charge in [-0.25, -0.2) is 9.37 Å². The average molecular weight is 367 g/mol. The van der Waals surface area contributed by atoms with Crippen LogP contribution in [-0.4, -0.2) is 61.0 Å². The number of nitriles is 1. The first kappa shape index (κ1) is 18.8. The van der Waals surface area contributed by atoms with E-state index < -0.39 is 6.04 Å². The van der Waals surface area contributed by atoms with E-state index in [9.17, 15) is 9.18 Å². The first-order valence-corrected chi connectivity index (χ1v) is 8.82. The molecule has 0 N–H and O–H groups in total. The highest BCUT2D eigenvalue weighted by atomic mass is 19.1. The molecule has 6 nitrogen and oxygen atoms in total. The van der Waals surface area contributed by atoms with Crippen LogP contribution >= 0.6 is 0 Å². The van der Waals surface area contributed by atoms with Gasteiger partial charge in [0.25, 0.3) is 0 Å². The van der Waals surface area contributed by atoms with Crippen LogP contribution in [0, 0.1) is 17.1 Å². The van der Waals surface area contributed by atoms with E-state index in [1.807, 2.05) is 6.07 Å². The molecule has 0 saturated carbocycles. The lowest BCUT2D eigenvalue weighted by Gasteiger charge is -2.38. The quantitative estimate of drug-likeness (QED) is 0.828. The van der Waals surface area contributed by atoms with Crippen molar-refractivity contribution < 1.29 is 9.18 Å². The first-order chi connectivity index (χ1) is 13.0. The molecule has 27 heavy (non-hydrogen) atoms. The van der Waals surface area contributed by atoms with Crippen LogP contribution in [0.15, 0.2) is 42.6 Å². The van der Waals surface area contributed by atoms with Gasteiger partial charge >= 0.3 is 0 Å². The summed E-state index contributed by atoms with van der Waals surface area (Å²) >= 11 is 0. The molecule has 0 radical (unpaired) electrons. The van der Waals surface area contributed by atoms with Gasteiger partial charge in [-0.2, -0.15) is 5.26 Å². The summed E-state index contributed by atoms with van der Waals surface area (Å²) in [6.07, 6.45) is 1.55. The van der Waals surface area contributed by atoms with Gasteiger partial charge < -0.3 is 9.80 Å². The summed E-state index contributed by atoms with van der Waals surface area (Å²) < 4.78 is 14.2. The molecular formula is C20H22FN5O. The van der Waals surface area contributed by atoms with Crippen LogP contribution in [0.5, 0.6) is 0 Å². The zero-order valence-corrected chi connectivity index (χ0v) is 15.5. The number of pyridine rings is 1. The number of anilines is 1. The Morgan fingerprint density at radius 1 is 1.19 bits per heavy atom. The Hall–Kier alpha value is -2.98. The Bertz CT molecular complexity index is 838. The van der Waals surface area contributed by atoms with Gasteiger partial charge in [0, 0.05) is 37.9 Å². The number of halogens is 1. The van der Waals surface area contributed by atoms with E-state index in [1.54, 1.807) is 54.4 Å². The highest BCUT2D eigenvalue weighted by Crippen LogP contribution is 2.25. The minimum Gasteiger partial charge on any atom is -0.353 e. The maximum absolute atomic E-state index is 14.2. The van der Waals surface area contributed by atoms with Crippen molar-refractivity contribution in [1.82, 2.24) is 14.8 Å². The van der Waals surface area contributed by atoms with Crippen molar-refractivity contribution in [2.24, 2.45) is 0 Å². The average Bonchev–Trinajstić information content (AvgIpc) is 2.69. The second-order valence-electron chi connectivity index (χ2n) is 6.72. The van der Waals surface area contributed by atoms with E-state index in [0.29, 0.717) is 37.3 Å². The Balaban J connectivity index is 1.69. The van der Waals surface area contributed by atoms with Gasteiger partial charge in [-0.15, -0.1) is 0 Å². The first-order valence-electron chi connectivity index (χ1n) is 8.82. The zero-order chi connectivity index (χ0) is 19.4. The molecule has 7 heteroatoms. The molecular weight excluding hydrogens is 345 g/mol. The van der Waals surface area contributed by atoms with Gasteiger partial charge in [0.15, 0.2) is 0 Å². The van der Waals surface area contributed by atoms with Crippen LogP contribution in [0.4, 0.5) is 10.2 Å². The molecule has 1 saturated heterocycles. The third kappa shape index (κ3) is 4.07. The Labute approximate surface area is 158 Å². The fourth-order valence-electron chi connectivity index (χ4n) is 3.30. The van der Waals surface area contributed by atoms with Crippen LogP contribution in [0.3, 0.4) is 0 Å². The van der Waals surface area contributed by atoms with Crippen molar-refractivity contribution in [3.05, 3.63) is 59.5 Å². The SMILES string of the molecule is CN(C)[C@@H](C(=O)N1CCN(c2ccc(C#N)cn2)CC1)c1ccccc1F. The number of likely N-dealkylation sites (N-methyl/N-ethyl adjacent to an activating group) is 1. The van der Waals surface area contributed by atoms with Crippen LogP contribution in [0.2, 0.25) is 0 Å². The highest BCUT2D eigenvalue weighted by Gasteiger charge is 2.31. The smallest absolute Gasteiger partial charge is 0.244 e. The molecule has 2 heterocycles. The van der Waals surface area contributed by atoms with E-state index >= 15 is 0 Å². The number of benzene rings is 1. The van der Waals surface area contributed by atoms with Crippen molar-refractivity contribution in [3.8, 4) is 6.07 Å². The van der Waals surface area contributed by atoms with Crippen molar-refractivity contribution in [3.63, 3.8) is 0 Å². The van der Waals surface area contributed by atoms with Gasteiger partial charge in [0.2, 0.25) is 5.91 Å². The number of aromatic nitrogens is 1. The van der Waals surface area contributed by atoms with Crippen molar-refractivity contribution >= 4 is 11.7 Å². The number of carbonyl (C=O) groups is 1. The van der Waals surface area contributed by atoms with Gasteiger partial charge in [-0.1, -0.05) is 18.2 Å². The Morgan fingerprint density at radius 2 is 1.89 bits per heavy atom. The van der Waals surface area contributed by atoms with E-state index in [1.165, 1.54) is 6.07 Å². The summed E-state index contributed by atoms with van der Waals surface area (Å²) in [7, 11) is 3.57. The third-order valence-electron chi connectivity index (χ3n) is 4.74. The van der Waals surface area contributed by atoms with Crippen molar-refractivity contribution in [1.29, 1.82) is 5.26 Å². The number of carbonyl (C=O) groups excluding carboxylic acids is 1. The number of piperazine rings is 1. The molecule has 0 bridgehead atoms. The number of hydrogen-bond acceptors (Lipinski definition) is 5. The minimum atomic E-state index is -0.647. The second kappa shape index (κ2) is 8.14.